The molecule has 0 aromatic heterocycles. The Labute approximate surface area is 145 Å². The summed E-state index contributed by atoms with van der Waals surface area (Å²) in [5.41, 5.74) is 1.04. The fourth-order valence-corrected chi connectivity index (χ4v) is 2.64. The number of benzene rings is 1. The molecule has 0 radical (unpaired) electrons. The zero-order valence-corrected chi connectivity index (χ0v) is 15.6. The summed E-state index contributed by atoms with van der Waals surface area (Å²) in [6, 6.07) is 7.82. The van der Waals surface area contributed by atoms with Crippen molar-refractivity contribution < 1.29 is 18.4 Å². The van der Waals surface area contributed by atoms with Crippen LogP contribution in [0, 0.1) is 6.92 Å². The zero-order valence-electron chi connectivity index (χ0n) is 15.6. The van der Waals surface area contributed by atoms with Crippen molar-refractivity contribution in [2.75, 3.05) is 13.2 Å². The summed E-state index contributed by atoms with van der Waals surface area (Å²) in [4.78, 5) is 0. The molecule has 3 nitrogen and oxygen atoms in total. The van der Waals surface area contributed by atoms with Gasteiger partial charge in [0, 0.05) is 6.61 Å². The van der Waals surface area contributed by atoms with E-state index in [2.05, 4.69) is 0 Å². The lowest BCUT2D eigenvalue weighted by molar-refractivity contribution is 0.00578. The van der Waals surface area contributed by atoms with Gasteiger partial charge in [0.2, 0.25) is 0 Å². The van der Waals surface area contributed by atoms with Crippen molar-refractivity contribution >= 4 is 12.7 Å². The van der Waals surface area contributed by atoms with E-state index in [1.165, 1.54) is 0 Å². The minimum atomic E-state index is -0.980. The van der Waals surface area contributed by atoms with Gasteiger partial charge in [-0.3, -0.25) is 0 Å². The Hall–Kier alpha value is -1.17. The molecule has 1 aliphatic rings. The number of ether oxygens (including phenoxy) is 1. The number of hydrogen-bond acceptors (Lipinski definition) is 3. The molecule has 24 heavy (non-hydrogen) atoms. The number of aryl methyl sites for hydroxylation is 1. The molecule has 0 amide bonds. The van der Waals surface area contributed by atoms with Gasteiger partial charge in [0.1, 0.15) is 5.73 Å². The van der Waals surface area contributed by atoms with E-state index in [1.54, 1.807) is 0 Å². The molecule has 1 heterocycles. The molecule has 1 aliphatic heterocycles. The third-order valence-electron chi connectivity index (χ3n) is 4.82. The Kier molecular flexibility index (Phi) is 5.89. The van der Waals surface area contributed by atoms with Crippen LogP contribution in [0.25, 0.3) is 5.57 Å². The second kappa shape index (κ2) is 7.38. The maximum atomic E-state index is 15.3. The van der Waals surface area contributed by atoms with Gasteiger partial charge in [0.25, 0.3) is 0 Å². The van der Waals surface area contributed by atoms with Crippen molar-refractivity contribution in [3.05, 3.63) is 41.1 Å². The monoisotopic (exact) mass is 334 g/mol. The van der Waals surface area contributed by atoms with Crippen LogP contribution in [0.3, 0.4) is 0 Å². The Bertz CT molecular complexity index is 594. The van der Waals surface area contributed by atoms with E-state index < -0.39 is 18.3 Å². The first-order valence-electron chi connectivity index (χ1n) is 8.57. The molecule has 0 atom stereocenters. The summed E-state index contributed by atoms with van der Waals surface area (Å²) in [7, 11) is -0.980. The van der Waals surface area contributed by atoms with Gasteiger partial charge >= 0.3 is 7.12 Å². The molecular weight excluding hydrogens is 306 g/mol. The molecular formula is C19H28BFO3. The average Bonchev–Trinajstić information content (AvgIpc) is 2.71. The fourth-order valence-electron chi connectivity index (χ4n) is 2.64. The van der Waals surface area contributed by atoms with Gasteiger partial charge < -0.3 is 14.0 Å². The predicted octanol–water partition coefficient (Wildman–Crippen LogP) is 4.73. The van der Waals surface area contributed by atoms with Crippen LogP contribution in [-0.2, 0) is 14.0 Å². The SMILES string of the molecule is CCOCCC(=C(F)B1OC(C)(C)C(C)(C)O1)c1cccc(C)c1. The molecule has 1 aromatic rings. The number of hydrogen-bond donors (Lipinski definition) is 0. The van der Waals surface area contributed by atoms with Crippen molar-refractivity contribution in [3.8, 4) is 0 Å². The Morgan fingerprint density at radius 2 is 1.79 bits per heavy atom. The van der Waals surface area contributed by atoms with Crippen LogP contribution in [-0.4, -0.2) is 31.5 Å². The Morgan fingerprint density at radius 1 is 1.17 bits per heavy atom. The first-order chi connectivity index (χ1) is 11.2. The molecule has 132 valence electrons. The highest BCUT2D eigenvalue weighted by Gasteiger charge is 2.53. The highest BCUT2D eigenvalue weighted by Crippen LogP contribution is 2.40. The second-order valence-corrected chi connectivity index (χ2v) is 7.23. The lowest BCUT2D eigenvalue weighted by Crippen LogP contribution is -2.41. The molecule has 0 unspecified atom stereocenters. The van der Waals surface area contributed by atoms with Crippen LogP contribution in [0.5, 0.6) is 0 Å². The summed E-state index contributed by atoms with van der Waals surface area (Å²) in [5.74, 6) is 0. The highest BCUT2D eigenvalue weighted by atomic mass is 19.1. The lowest BCUT2D eigenvalue weighted by Gasteiger charge is -2.32. The van der Waals surface area contributed by atoms with Crippen LogP contribution in [0.1, 0.15) is 52.2 Å². The summed E-state index contributed by atoms with van der Waals surface area (Å²) in [6.07, 6.45) is 0.479. The van der Waals surface area contributed by atoms with Gasteiger partial charge in [0.05, 0.1) is 17.8 Å². The number of rotatable bonds is 6. The van der Waals surface area contributed by atoms with Crippen molar-refractivity contribution in [2.45, 2.75) is 59.2 Å². The topological polar surface area (TPSA) is 27.7 Å². The van der Waals surface area contributed by atoms with Gasteiger partial charge in [0.15, 0.2) is 0 Å². The molecule has 1 fully saturated rings. The van der Waals surface area contributed by atoms with E-state index in [0.717, 1.165) is 11.1 Å². The van der Waals surface area contributed by atoms with E-state index >= 15 is 4.39 Å². The third-order valence-corrected chi connectivity index (χ3v) is 4.82. The first-order valence-corrected chi connectivity index (χ1v) is 8.57. The minimum absolute atomic E-state index is 0.362. The summed E-state index contributed by atoms with van der Waals surface area (Å²) >= 11 is 0. The van der Waals surface area contributed by atoms with Gasteiger partial charge in [-0.25, -0.2) is 4.39 Å². The highest BCUT2D eigenvalue weighted by molar-refractivity contribution is 6.55. The third kappa shape index (κ3) is 4.08. The van der Waals surface area contributed by atoms with E-state index in [4.69, 9.17) is 14.0 Å². The minimum Gasteiger partial charge on any atom is -0.398 e. The summed E-state index contributed by atoms with van der Waals surface area (Å²) < 4.78 is 32.4. The first kappa shape index (κ1) is 19.2. The van der Waals surface area contributed by atoms with Crippen molar-refractivity contribution in [1.29, 1.82) is 0 Å². The standard InChI is InChI=1S/C19H28BFO3/c1-7-22-12-11-16(15-10-8-9-14(2)13-15)17(21)20-23-18(3,4)19(5,6)24-20/h8-10,13H,7,11-12H2,1-6H3. The van der Waals surface area contributed by atoms with Crippen molar-refractivity contribution in [1.82, 2.24) is 0 Å². The van der Waals surface area contributed by atoms with Gasteiger partial charge in [-0.1, -0.05) is 29.8 Å². The second-order valence-electron chi connectivity index (χ2n) is 7.23. The molecule has 0 spiro atoms. The smallest absolute Gasteiger partial charge is 0.398 e. The van der Waals surface area contributed by atoms with Crippen molar-refractivity contribution in [3.63, 3.8) is 0 Å². The maximum Gasteiger partial charge on any atom is 0.525 e. The molecule has 0 bridgehead atoms. The average molecular weight is 334 g/mol. The Morgan fingerprint density at radius 3 is 2.33 bits per heavy atom. The summed E-state index contributed by atoms with van der Waals surface area (Å²) in [6.45, 7) is 12.7. The van der Waals surface area contributed by atoms with Gasteiger partial charge in [-0.15, -0.1) is 0 Å². The van der Waals surface area contributed by atoms with E-state index in [-0.39, 0.29) is 5.73 Å². The molecule has 1 saturated heterocycles. The molecule has 5 heteroatoms. The van der Waals surface area contributed by atoms with Crippen molar-refractivity contribution in [2.24, 2.45) is 0 Å². The van der Waals surface area contributed by atoms with Crippen LogP contribution in [0.4, 0.5) is 4.39 Å². The van der Waals surface area contributed by atoms with Crippen LogP contribution < -0.4 is 0 Å². The van der Waals surface area contributed by atoms with E-state index in [9.17, 15) is 0 Å². The number of halogens is 1. The normalized spacial score (nSPS) is 20.2. The molecule has 2 rings (SSSR count). The largest absolute Gasteiger partial charge is 0.525 e. The van der Waals surface area contributed by atoms with Crippen LogP contribution in [0.15, 0.2) is 30.0 Å². The van der Waals surface area contributed by atoms with Gasteiger partial charge in [-0.05, 0) is 59.1 Å². The Balaban J connectivity index is 2.36. The van der Waals surface area contributed by atoms with E-state index in [1.807, 2.05) is 65.8 Å². The van der Waals surface area contributed by atoms with Crippen LogP contribution in [0.2, 0.25) is 0 Å². The van der Waals surface area contributed by atoms with Gasteiger partial charge in [-0.2, -0.15) is 0 Å². The van der Waals surface area contributed by atoms with Crippen LogP contribution >= 0.6 is 0 Å². The summed E-state index contributed by atoms with van der Waals surface area (Å²) in [5, 5.41) is 0. The molecule has 0 aliphatic carbocycles. The maximum absolute atomic E-state index is 15.3. The zero-order chi connectivity index (χ0) is 18.0. The molecule has 1 aromatic carbocycles. The quantitative estimate of drug-likeness (QED) is 0.556. The fraction of sp³-hybridized carbons (Fsp3) is 0.579. The lowest BCUT2D eigenvalue weighted by atomic mass is 9.81. The molecule has 0 saturated carbocycles. The predicted molar refractivity (Wildman–Crippen MR) is 96.4 cm³/mol. The van der Waals surface area contributed by atoms with E-state index in [0.29, 0.717) is 25.2 Å². The molecule has 0 N–H and O–H groups in total.